The standard InChI is InChI=1S/C23H23ClN2O4S/c1-17-13-22-20(15-21(17)24)19(14-23(27)30-22)16-25-8-10-26(11-9-25)31(28,29)12-7-18-5-3-2-4-6-18/h2-7,12-15H,8-11,16H2,1H3. The van der Waals surface area contributed by atoms with Crippen LogP contribution in [0.25, 0.3) is 17.0 Å². The highest BCUT2D eigenvalue weighted by Crippen LogP contribution is 2.26. The van der Waals surface area contributed by atoms with Gasteiger partial charge in [0.05, 0.1) is 0 Å². The van der Waals surface area contributed by atoms with E-state index in [1.54, 1.807) is 12.1 Å². The molecule has 6 nitrogen and oxygen atoms in total. The van der Waals surface area contributed by atoms with Crippen LogP contribution in [-0.4, -0.2) is 43.8 Å². The van der Waals surface area contributed by atoms with Gasteiger partial charge < -0.3 is 4.42 Å². The third-order valence-electron chi connectivity index (χ3n) is 5.43. The van der Waals surface area contributed by atoms with E-state index in [1.165, 1.54) is 15.8 Å². The zero-order chi connectivity index (χ0) is 22.0. The van der Waals surface area contributed by atoms with Crippen LogP contribution in [0.1, 0.15) is 16.7 Å². The van der Waals surface area contributed by atoms with Crippen molar-refractivity contribution < 1.29 is 12.8 Å². The van der Waals surface area contributed by atoms with Crippen LogP contribution in [0.4, 0.5) is 0 Å². The molecule has 0 saturated carbocycles. The molecule has 2 aromatic carbocycles. The van der Waals surface area contributed by atoms with Gasteiger partial charge in [0.15, 0.2) is 0 Å². The van der Waals surface area contributed by atoms with Gasteiger partial charge in [-0.05, 0) is 41.8 Å². The zero-order valence-corrected chi connectivity index (χ0v) is 18.7. The number of hydrogen-bond acceptors (Lipinski definition) is 5. The van der Waals surface area contributed by atoms with Gasteiger partial charge >= 0.3 is 5.63 Å². The first-order valence-electron chi connectivity index (χ1n) is 10.0. The SMILES string of the molecule is Cc1cc2oc(=O)cc(CN3CCN(S(=O)(=O)C=Cc4ccccc4)CC3)c2cc1Cl. The summed E-state index contributed by atoms with van der Waals surface area (Å²) in [4.78, 5) is 14.1. The fourth-order valence-corrected chi connectivity index (χ4v) is 5.01. The summed E-state index contributed by atoms with van der Waals surface area (Å²) >= 11 is 6.27. The first kappa shape index (κ1) is 21.8. The minimum atomic E-state index is -3.49. The van der Waals surface area contributed by atoms with Crippen molar-refractivity contribution in [1.29, 1.82) is 0 Å². The van der Waals surface area contributed by atoms with E-state index in [2.05, 4.69) is 4.90 Å². The number of sulfonamides is 1. The topological polar surface area (TPSA) is 70.8 Å². The molecule has 0 atom stereocenters. The van der Waals surface area contributed by atoms with Gasteiger partial charge in [-0.15, -0.1) is 0 Å². The van der Waals surface area contributed by atoms with Gasteiger partial charge in [-0.25, -0.2) is 13.2 Å². The van der Waals surface area contributed by atoms with E-state index in [1.807, 2.05) is 43.3 Å². The van der Waals surface area contributed by atoms with Crippen LogP contribution in [0.3, 0.4) is 0 Å². The molecule has 0 spiro atoms. The smallest absolute Gasteiger partial charge is 0.336 e. The molecule has 2 heterocycles. The molecule has 1 aliphatic rings. The third-order valence-corrected chi connectivity index (χ3v) is 7.40. The van der Waals surface area contributed by atoms with Gasteiger partial charge in [-0.1, -0.05) is 41.9 Å². The number of nitrogens with zero attached hydrogens (tertiary/aromatic N) is 2. The Bertz CT molecular complexity index is 1280. The molecule has 8 heteroatoms. The molecule has 1 aliphatic heterocycles. The number of hydrogen-bond donors (Lipinski definition) is 0. The molecule has 1 aromatic heterocycles. The van der Waals surface area contributed by atoms with Gasteiger partial charge in [-0.3, -0.25) is 4.90 Å². The normalized spacial score (nSPS) is 16.3. The lowest BCUT2D eigenvalue weighted by Crippen LogP contribution is -2.47. The zero-order valence-electron chi connectivity index (χ0n) is 17.1. The highest BCUT2D eigenvalue weighted by molar-refractivity contribution is 7.92. The molecular formula is C23H23ClN2O4S. The van der Waals surface area contributed by atoms with Crippen molar-refractivity contribution in [2.45, 2.75) is 13.5 Å². The molecule has 31 heavy (non-hydrogen) atoms. The fraction of sp³-hybridized carbons (Fsp3) is 0.261. The van der Waals surface area contributed by atoms with Gasteiger partial charge in [0.2, 0.25) is 10.0 Å². The Morgan fingerprint density at radius 2 is 1.77 bits per heavy atom. The third kappa shape index (κ3) is 5.07. The minimum Gasteiger partial charge on any atom is -0.423 e. The number of fused-ring (bicyclic) bond motifs is 1. The van der Waals surface area contributed by atoms with Crippen LogP contribution in [0.5, 0.6) is 0 Å². The Morgan fingerprint density at radius 1 is 1.06 bits per heavy atom. The predicted molar refractivity (Wildman–Crippen MR) is 123 cm³/mol. The highest BCUT2D eigenvalue weighted by atomic mass is 35.5. The second-order valence-corrected chi connectivity index (χ2v) is 9.85. The van der Waals surface area contributed by atoms with Crippen molar-refractivity contribution >= 4 is 38.7 Å². The van der Waals surface area contributed by atoms with Crippen LogP contribution in [-0.2, 0) is 16.6 Å². The van der Waals surface area contributed by atoms with Crippen molar-refractivity contribution in [2.24, 2.45) is 0 Å². The van der Waals surface area contributed by atoms with E-state index in [4.69, 9.17) is 16.0 Å². The number of piperazine rings is 1. The summed E-state index contributed by atoms with van der Waals surface area (Å²) in [6, 6.07) is 14.4. The Kier molecular flexibility index (Phi) is 6.29. The molecule has 1 fully saturated rings. The molecule has 0 bridgehead atoms. The highest BCUT2D eigenvalue weighted by Gasteiger charge is 2.25. The predicted octanol–water partition coefficient (Wildman–Crippen LogP) is 3.87. The molecule has 0 N–H and O–H groups in total. The summed E-state index contributed by atoms with van der Waals surface area (Å²) in [5, 5.41) is 2.68. The van der Waals surface area contributed by atoms with Crippen LogP contribution in [0.15, 0.2) is 63.2 Å². The number of aryl methyl sites for hydroxylation is 1. The first-order valence-corrected chi connectivity index (χ1v) is 11.9. The van der Waals surface area contributed by atoms with Gasteiger partial charge in [0.1, 0.15) is 5.58 Å². The Morgan fingerprint density at radius 3 is 2.48 bits per heavy atom. The average molecular weight is 459 g/mol. The average Bonchev–Trinajstić information content (AvgIpc) is 2.75. The van der Waals surface area contributed by atoms with Gasteiger partial charge in [0.25, 0.3) is 0 Å². The van der Waals surface area contributed by atoms with Crippen molar-refractivity contribution in [3.8, 4) is 0 Å². The molecule has 0 aliphatic carbocycles. The summed E-state index contributed by atoms with van der Waals surface area (Å²) in [5.41, 5.74) is 2.62. The molecule has 4 rings (SSSR count). The van der Waals surface area contributed by atoms with Crippen LogP contribution < -0.4 is 5.63 Å². The summed E-state index contributed by atoms with van der Waals surface area (Å²) in [5.74, 6) is 0. The molecule has 0 unspecified atom stereocenters. The van der Waals surface area contributed by atoms with Crippen LogP contribution >= 0.6 is 11.6 Å². The minimum absolute atomic E-state index is 0.390. The van der Waals surface area contributed by atoms with E-state index in [9.17, 15) is 13.2 Å². The lowest BCUT2D eigenvalue weighted by Gasteiger charge is -2.33. The number of benzene rings is 2. The van der Waals surface area contributed by atoms with Crippen molar-refractivity contribution in [1.82, 2.24) is 9.21 Å². The maximum absolute atomic E-state index is 12.7. The maximum atomic E-state index is 12.7. The monoisotopic (exact) mass is 458 g/mol. The molecule has 1 saturated heterocycles. The largest absolute Gasteiger partial charge is 0.423 e. The summed E-state index contributed by atoms with van der Waals surface area (Å²) in [6.45, 7) is 4.30. The second-order valence-electron chi connectivity index (χ2n) is 7.62. The second kappa shape index (κ2) is 8.96. The molecule has 162 valence electrons. The molecule has 0 amide bonds. The Hall–Kier alpha value is -2.45. The summed E-state index contributed by atoms with van der Waals surface area (Å²) in [7, 11) is -3.49. The van der Waals surface area contributed by atoms with E-state index in [-0.39, 0.29) is 0 Å². The first-order chi connectivity index (χ1) is 14.8. The van der Waals surface area contributed by atoms with Crippen molar-refractivity contribution in [3.63, 3.8) is 0 Å². The molecular weight excluding hydrogens is 436 g/mol. The van der Waals surface area contributed by atoms with E-state index >= 15 is 0 Å². The lowest BCUT2D eigenvalue weighted by atomic mass is 10.1. The molecule has 3 aromatic rings. The number of rotatable bonds is 5. The van der Waals surface area contributed by atoms with Gasteiger partial charge in [0, 0.05) is 54.6 Å². The van der Waals surface area contributed by atoms with E-state index in [0.717, 1.165) is 22.1 Å². The van der Waals surface area contributed by atoms with Crippen LogP contribution in [0, 0.1) is 6.92 Å². The Balaban J connectivity index is 1.46. The van der Waals surface area contributed by atoms with Gasteiger partial charge in [-0.2, -0.15) is 4.31 Å². The quantitative estimate of drug-likeness (QED) is 0.543. The fourth-order valence-electron chi connectivity index (χ4n) is 3.68. The maximum Gasteiger partial charge on any atom is 0.336 e. The van der Waals surface area contributed by atoms with E-state index in [0.29, 0.717) is 43.3 Å². The van der Waals surface area contributed by atoms with Crippen molar-refractivity contribution in [3.05, 3.63) is 86.1 Å². The van der Waals surface area contributed by atoms with E-state index < -0.39 is 15.6 Å². The number of halogens is 1. The summed E-state index contributed by atoms with van der Waals surface area (Å²) in [6.07, 6.45) is 1.61. The van der Waals surface area contributed by atoms with Crippen LogP contribution in [0.2, 0.25) is 5.02 Å². The molecule has 0 radical (unpaired) electrons. The van der Waals surface area contributed by atoms with Crippen molar-refractivity contribution in [2.75, 3.05) is 26.2 Å². The Labute approximate surface area is 186 Å². The summed E-state index contributed by atoms with van der Waals surface area (Å²) < 4.78 is 32.1. The lowest BCUT2D eigenvalue weighted by molar-refractivity contribution is 0.183.